The zero-order valence-corrected chi connectivity index (χ0v) is 21.4. The maximum Gasteiger partial charge on any atom is 0.181 e. The van der Waals surface area contributed by atoms with Gasteiger partial charge in [-0.1, -0.05) is 35.4 Å². The molecule has 1 atom stereocenters. The van der Waals surface area contributed by atoms with Crippen molar-refractivity contribution in [1.29, 1.82) is 0 Å². The summed E-state index contributed by atoms with van der Waals surface area (Å²) in [7, 11) is 0. The molecule has 2 aliphatic heterocycles. The minimum atomic E-state index is -0.585. The van der Waals surface area contributed by atoms with E-state index in [4.69, 9.17) is 9.47 Å². The summed E-state index contributed by atoms with van der Waals surface area (Å²) in [5.74, 6) is 0.268. The van der Waals surface area contributed by atoms with E-state index >= 15 is 0 Å². The first-order chi connectivity index (χ1) is 16.5. The summed E-state index contributed by atoms with van der Waals surface area (Å²) >= 11 is 0. The number of aromatic hydroxyl groups is 2. The van der Waals surface area contributed by atoms with Crippen molar-refractivity contribution in [2.24, 2.45) is 0 Å². The van der Waals surface area contributed by atoms with Gasteiger partial charge in [-0.15, -0.1) is 0 Å². The van der Waals surface area contributed by atoms with Crippen LogP contribution < -0.4 is 9.47 Å². The molecule has 5 heteroatoms. The van der Waals surface area contributed by atoms with Crippen LogP contribution in [0.25, 0.3) is 6.08 Å². The third-order valence-electron chi connectivity index (χ3n) is 6.44. The van der Waals surface area contributed by atoms with Gasteiger partial charge in [-0.25, -0.2) is 0 Å². The van der Waals surface area contributed by atoms with Gasteiger partial charge in [0.25, 0.3) is 0 Å². The van der Waals surface area contributed by atoms with Crippen molar-refractivity contribution in [2.75, 3.05) is 6.61 Å². The second-order valence-electron chi connectivity index (χ2n) is 10.4. The maximum absolute atomic E-state index is 13.8. The first-order valence-electron chi connectivity index (χ1n) is 12.0. The molecule has 0 bridgehead atoms. The van der Waals surface area contributed by atoms with Crippen molar-refractivity contribution in [1.82, 2.24) is 0 Å². The number of rotatable bonds is 5. The van der Waals surface area contributed by atoms with Gasteiger partial charge in [0.15, 0.2) is 5.78 Å². The molecule has 0 radical (unpaired) electrons. The number of fused-ring (bicyclic) bond motifs is 3. The molecule has 1 unspecified atom stereocenters. The molecular weight excluding hydrogens is 440 g/mol. The Morgan fingerprint density at radius 1 is 1.06 bits per heavy atom. The minimum absolute atomic E-state index is 0.0828. The van der Waals surface area contributed by atoms with E-state index in [-0.39, 0.29) is 29.5 Å². The summed E-state index contributed by atoms with van der Waals surface area (Å²) in [6, 6.07) is 5.23. The number of phenols is 2. The van der Waals surface area contributed by atoms with Crippen LogP contribution in [-0.2, 0) is 12.8 Å². The molecule has 5 nitrogen and oxygen atoms in total. The lowest BCUT2D eigenvalue weighted by Crippen LogP contribution is -2.31. The van der Waals surface area contributed by atoms with Crippen LogP contribution in [0.15, 0.2) is 47.6 Å². The first-order valence-corrected chi connectivity index (χ1v) is 12.0. The number of carbonyl (C=O) groups excluding carboxylic acids is 1. The highest BCUT2D eigenvalue weighted by atomic mass is 16.5. The van der Waals surface area contributed by atoms with E-state index in [1.165, 1.54) is 0 Å². The molecule has 35 heavy (non-hydrogen) atoms. The average molecular weight is 475 g/mol. The number of carbonyl (C=O) groups is 1. The topological polar surface area (TPSA) is 76.0 Å². The molecule has 4 rings (SSSR count). The summed E-state index contributed by atoms with van der Waals surface area (Å²) in [4.78, 5) is 13.8. The van der Waals surface area contributed by atoms with Crippen molar-refractivity contribution in [3.8, 4) is 23.0 Å². The molecule has 2 N–H and O–H groups in total. The average Bonchev–Trinajstić information content (AvgIpc) is 2.77. The molecule has 0 saturated carbocycles. The third-order valence-corrected chi connectivity index (χ3v) is 6.44. The lowest BCUT2D eigenvalue weighted by Gasteiger charge is -2.34. The number of allylic oxidation sites excluding steroid dienone is 4. The SMILES string of the molecule is CC(C)=CCc1cc(C2COc3c4c(c(CC=C(C)C)c(O)c3C2=O)OC(C)(C)C=C4)ccc1O. The highest BCUT2D eigenvalue weighted by Gasteiger charge is 2.39. The van der Waals surface area contributed by atoms with Crippen LogP contribution in [0.2, 0.25) is 0 Å². The second kappa shape index (κ2) is 9.29. The quantitative estimate of drug-likeness (QED) is 0.474. The fourth-order valence-electron chi connectivity index (χ4n) is 4.45. The molecule has 2 aliphatic rings. The summed E-state index contributed by atoms with van der Waals surface area (Å²) in [5.41, 5.74) is 4.70. The van der Waals surface area contributed by atoms with Gasteiger partial charge < -0.3 is 19.7 Å². The van der Waals surface area contributed by atoms with E-state index in [1.807, 2.05) is 71.9 Å². The number of ketones is 1. The van der Waals surface area contributed by atoms with E-state index < -0.39 is 11.5 Å². The number of phenolic OH excluding ortho intramolecular Hbond substituents is 2. The van der Waals surface area contributed by atoms with Crippen molar-refractivity contribution in [3.05, 3.63) is 75.4 Å². The summed E-state index contributed by atoms with van der Waals surface area (Å²) in [6.07, 6.45) is 8.93. The van der Waals surface area contributed by atoms with Crippen molar-refractivity contribution in [3.63, 3.8) is 0 Å². The van der Waals surface area contributed by atoms with Gasteiger partial charge in [0, 0.05) is 5.56 Å². The molecule has 0 aromatic heterocycles. The van der Waals surface area contributed by atoms with Crippen LogP contribution in [0, 0.1) is 0 Å². The fourth-order valence-corrected chi connectivity index (χ4v) is 4.45. The van der Waals surface area contributed by atoms with E-state index in [2.05, 4.69) is 0 Å². The van der Waals surface area contributed by atoms with Gasteiger partial charge in [-0.05, 0) is 83.7 Å². The van der Waals surface area contributed by atoms with Gasteiger partial charge in [0.05, 0.1) is 11.5 Å². The Labute approximate surface area is 207 Å². The molecule has 0 spiro atoms. The largest absolute Gasteiger partial charge is 0.508 e. The van der Waals surface area contributed by atoms with Crippen LogP contribution in [0.4, 0.5) is 0 Å². The van der Waals surface area contributed by atoms with Crippen LogP contribution in [0.5, 0.6) is 23.0 Å². The fraction of sp³-hybridized carbons (Fsp3) is 0.367. The Bertz CT molecular complexity index is 1270. The Morgan fingerprint density at radius 3 is 2.43 bits per heavy atom. The predicted molar refractivity (Wildman–Crippen MR) is 139 cm³/mol. The smallest absolute Gasteiger partial charge is 0.181 e. The van der Waals surface area contributed by atoms with Crippen LogP contribution in [0.3, 0.4) is 0 Å². The predicted octanol–water partition coefficient (Wildman–Crippen LogP) is 6.66. The van der Waals surface area contributed by atoms with Crippen LogP contribution >= 0.6 is 0 Å². The summed E-state index contributed by atoms with van der Waals surface area (Å²) in [5, 5.41) is 21.7. The van der Waals surface area contributed by atoms with E-state index in [9.17, 15) is 15.0 Å². The third kappa shape index (κ3) is 4.86. The molecule has 0 fully saturated rings. The molecular formula is C30H34O5. The zero-order chi connectivity index (χ0) is 25.5. The lowest BCUT2D eigenvalue weighted by molar-refractivity contribution is 0.0889. The number of ether oxygens (including phenoxy) is 2. The molecule has 2 heterocycles. The molecule has 184 valence electrons. The van der Waals surface area contributed by atoms with Gasteiger partial charge in [-0.3, -0.25) is 4.79 Å². The molecule has 0 amide bonds. The molecule has 0 aliphatic carbocycles. The number of benzene rings is 2. The zero-order valence-electron chi connectivity index (χ0n) is 21.4. The monoisotopic (exact) mass is 474 g/mol. The normalized spacial score (nSPS) is 17.5. The van der Waals surface area contributed by atoms with Gasteiger partial charge in [0.2, 0.25) is 0 Å². The Morgan fingerprint density at radius 2 is 1.74 bits per heavy atom. The Hall–Kier alpha value is -3.47. The first kappa shape index (κ1) is 24.6. The summed E-state index contributed by atoms with van der Waals surface area (Å²) < 4.78 is 12.4. The highest BCUT2D eigenvalue weighted by Crippen LogP contribution is 2.50. The van der Waals surface area contributed by atoms with Crippen molar-refractivity contribution < 1.29 is 24.5 Å². The van der Waals surface area contributed by atoms with E-state index in [0.717, 1.165) is 22.3 Å². The number of hydrogen-bond donors (Lipinski definition) is 2. The van der Waals surface area contributed by atoms with Gasteiger partial charge >= 0.3 is 0 Å². The Kier molecular flexibility index (Phi) is 6.54. The number of Topliss-reactive ketones (excluding diaryl/α,β-unsaturated/α-hetero) is 1. The molecule has 2 aromatic rings. The van der Waals surface area contributed by atoms with Crippen LogP contribution in [-0.4, -0.2) is 28.2 Å². The molecule has 2 aromatic carbocycles. The standard InChI is InChI=1S/C30H34O5/c1-17(2)7-9-20-15-19(10-12-24(20)31)23-16-34-29-22-13-14-30(5,6)35-28(22)21(11-8-18(3)4)26(32)25(29)27(23)33/h7-8,10,12-15,23,31-32H,9,11,16H2,1-6H3. The van der Waals surface area contributed by atoms with E-state index in [1.54, 1.807) is 12.1 Å². The maximum atomic E-state index is 13.8. The minimum Gasteiger partial charge on any atom is -0.508 e. The Balaban J connectivity index is 1.81. The lowest BCUT2D eigenvalue weighted by atomic mass is 9.84. The van der Waals surface area contributed by atoms with Gasteiger partial charge in [-0.2, -0.15) is 0 Å². The van der Waals surface area contributed by atoms with Crippen LogP contribution in [0.1, 0.15) is 80.1 Å². The van der Waals surface area contributed by atoms with Gasteiger partial charge in [0.1, 0.15) is 40.8 Å². The second-order valence-corrected chi connectivity index (χ2v) is 10.4. The number of hydrogen-bond acceptors (Lipinski definition) is 5. The molecule has 0 saturated heterocycles. The highest BCUT2D eigenvalue weighted by molar-refractivity contribution is 6.08. The summed E-state index contributed by atoms with van der Waals surface area (Å²) in [6.45, 7) is 12.1. The van der Waals surface area contributed by atoms with E-state index in [0.29, 0.717) is 35.5 Å². The van der Waals surface area contributed by atoms with Crippen molar-refractivity contribution in [2.45, 2.75) is 65.9 Å². The van der Waals surface area contributed by atoms with Crippen molar-refractivity contribution >= 4 is 11.9 Å².